The Morgan fingerprint density at radius 2 is 1.86 bits per heavy atom. The summed E-state index contributed by atoms with van der Waals surface area (Å²) < 4.78 is 5.58. The number of para-hydroxylation sites is 3. The molecule has 146 valence electrons. The number of aromatic nitrogens is 2. The van der Waals surface area contributed by atoms with Crippen molar-refractivity contribution in [3.63, 3.8) is 0 Å². The van der Waals surface area contributed by atoms with Gasteiger partial charge in [-0.3, -0.25) is 4.98 Å². The minimum absolute atomic E-state index is 0.381. The fourth-order valence-electron chi connectivity index (χ4n) is 3.16. The average Bonchev–Trinajstić information content (AvgIpc) is 3.10. The molecule has 0 unspecified atom stereocenters. The summed E-state index contributed by atoms with van der Waals surface area (Å²) in [6.07, 6.45) is 3.40. The molecule has 3 N–H and O–H groups in total. The van der Waals surface area contributed by atoms with Crippen LogP contribution in [0, 0.1) is 0 Å². The smallest absolute Gasteiger partial charge is 0.323 e. The molecule has 0 aliphatic rings. The van der Waals surface area contributed by atoms with E-state index in [4.69, 9.17) is 16.3 Å². The number of carbonyl (C=O) groups excluding carboxylic acids is 1. The highest BCUT2D eigenvalue weighted by Crippen LogP contribution is 2.37. The van der Waals surface area contributed by atoms with Crippen LogP contribution in [0.1, 0.15) is 6.92 Å². The number of urea groups is 1. The van der Waals surface area contributed by atoms with Crippen LogP contribution in [-0.2, 0) is 0 Å². The van der Waals surface area contributed by atoms with Crippen molar-refractivity contribution in [3.05, 3.63) is 72.0 Å². The van der Waals surface area contributed by atoms with Crippen molar-refractivity contribution in [1.82, 2.24) is 9.97 Å². The van der Waals surface area contributed by atoms with Crippen LogP contribution in [0.4, 0.5) is 16.2 Å². The standard InChI is InChI=1S/C22H19ClN4O2/c1-2-29-18-9-4-3-8-17(18)25-22(28)27-21-15-6-5-7-16(23)20(15)26-19(21)14-10-12-24-13-11-14/h3-13,26H,2H2,1H3,(H2,25,27,28). The van der Waals surface area contributed by atoms with Gasteiger partial charge in [0.05, 0.1) is 34.2 Å². The van der Waals surface area contributed by atoms with Crippen LogP contribution in [-0.4, -0.2) is 22.6 Å². The van der Waals surface area contributed by atoms with Gasteiger partial charge in [0.25, 0.3) is 0 Å². The molecule has 29 heavy (non-hydrogen) atoms. The maximum Gasteiger partial charge on any atom is 0.323 e. The highest BCUT2D eigenvalue weighted by atomic mass is 35.5. The number of amides is 2. The van der Waals surface area contributed by atoms with E-state index in [0.717, 1.165) is 22.2 Å². The first kappa shape index (κ1) is 18.8. The fourth-order valence-corrected chi connectivity index (χ4v) is 3.39. The van der Waals surface area contributed by atoms with E-state index < -0.39 is 0 Å². The van der Waals surface area contributed by atoms with E-state index in [2.05, 4.69) is 20.6 Å². The molecule has 2 amide bonds. The summed E-state index contributed by atoms with van der Waals surface area (Å²) in [6.45, 7) is 2.40. The van der Waals surface area contributed by atoms with E-state index in [1.807, 2.05) is 49.4 Å². The second-order valence-electron chi connectivity index (χ2n) is 6.28. The zero-order valence-electron chi connectivity index (χ0n) is 15.7. The normalized spacial score (nSPS) is 10.7. The molecule has 0 atom stereocenters. The van der Waals surface area contributed by atoms with Crippen LogP contribution in [0.2, 0.25) is 5.02 Å². The van der Waals surface area contributed by atoms with E-state index in [1.54, 1.807) is 24.5 Å². The molecular formula is C22H19ClN4O2. The third-order valence-electron chi connectivity index (χ3n) is 4.43. The number of hydrogen-bond acceptors (Lipinski definition) is 3. The minimum Gasteiger partial charge on any atom is -0.492 e. The maximum atomic E-state index is 12.8. The van der Waals surface area contributed by atoms with Gasteiger partial charge in [0.15, 0.2) is 0 Å². The Labute approximate surface area is 172 Å². The molecule has 0 bridgehead atoms. The second kappa shape index (κ2) is 8.24. The van der Waals surface area contributed by atoms with Gasteiger partial charge in [-0.25, -0.2) is 4.79 Å². The number of halogens is 1. The first-order valence-corrected chi connectivity index (χ1v) is 9.55. The highest BCUT2D eigenvalue weighted by molar-refractivity contribution is 6.36. The lowest BCUT2D eigenvalue weighted by molar-refractivity contribution is 0.262. The van der Waals surface area contributed by atoms with E-state index in [0.29, 0.717) is 28.8 Å². The van der Waals surface area contributed by atoms with Gasteiger partial charge in [-0.1, -0.05) is 35.9 Å². The highest BCUT2D eigenvalue weighted by Gasteiger charge is 2.17. The van der Waals surface area contributed by atoms with Crippen molar-refractivity contribution >= 4 is 39.9 Å². The summed E-state index contributed by atoms with van der Waals surface area (Å²) in [5, 5.41) is 7.21. The molecule has 4 aromatic rings. The molecule has 0 saturated heterocycles. The number of aromatic amines is 1. The van der Waals surface area contributed by atoms with Crippen LogP contribution >= 0.6 is 11.6 Å². The van der Waals surface area contributed by atoms with Crippen molar-refractivity contribution in [1.29, 1.82) is 0 Å². The number of fused-ring (bicyclic) bond motifs is 1. The van der Waals surface area contributed by atoms with E-state index in [-0.39, 0.29) is 6.03 Å². The molecule has 0 saturated carbocycles. The molecule has 2 heterocycles. The maximum absolute atomic E-state index is 12.8. The molecule has 2 aromatic heterocycles. The van der Waals surface area contributed by atoms with Gasteiger partial charge in [0.1, 0.15) is 5.75 Å². The van der Waals surface area contributed by atoms with E-state index in [9.17, 15) is 4.79 Å². The number of H-pyrrole nitrogens is 1. The summed E-state index contributed by atoms with van der Waals surface area (Å²) in [7, 11) is 0. The summed E-state index contributed by atoms with van der Waals surface area (Å²) in [6, 6.07) is 16.2. The Morgan fingerprint density at radius 1 is 1.07 bits per heavy atom. The lowest BCUT2D eigenvalue weighted by Gasteiger charge is -2.13. The lowest BCUT2D eigenvalue weighted by atomic mass is 10.1. The topological polar surface area (TPSA) is 79.0 Å². The number of ether oxygens (including phenoxy) is 1. The molecule has 6 nitrogen and oxygen atoms in total. The van der Waals surface area contributed by atoms with Crippen molar-refractivity contribution in [2.24, 2.45) is 0 Å². The number of carbonyl (C=O) groups is 1. The van der Waals surface area contributed by atoms with Crippen LogP contribution in [0.3, 0.4) is 0 Å². The number of pyridine rings is 1. The Hall–Kier alpha value is -3.51. The van der Waals surface area contributed by atoms with E-state index in [1.165, 1.54) is 0 Å². The quantitative estimate of drug-likeness (QED) is 0.384. The SMILES string of the molecule is CCOc1ccccc1NC(=O)Nc1c(-c2ccncc2)[nH]c2c(Cl)cccc12. The molecule has 2 aromatic carbocycles. The molecule has 4 rings (SSSR count). The van der Waals surface area contributed by atoms with Gasteiger partial charge in [0, 0.05) is 23.3 Å². The molecule has 0 aliphatic carbocycles. The van der Waals surface area contributed by atoms with Gasteiger partial charge < -0.3 is 20.4 Å². The van der Waals surface area contributed by atoms with Crippen molar-refractivity contribution < 1.29 is 9.53 Å². The van der Waals surface area contributed by atoms with Crippen LogP contribution < -0.4 is 15.4 Å². The zero-order chi connectivity index (χ0) is 20.2. The predicted molar refractivity (Wildman–Crippen MR) is 117 cm³/mol. The number of nitrogens with one attached hydrogen (secondary N) is 3. The summed E-state index contributed by atoms with van der Waals surface area (Å²) in [4.78, 5) is 20.2. The molecule has 0 aliphatic heterocycles. The van der Waals surface area contributed by atoms with Crippen molar-refractivity contribution in [2.75, 3.05) is 17.2 Å². The Balaban J connectivity index is 1.70. The summed E-state index contributed by atoms with van der Waals surface area (Å²) in [5.41, 5.74) is 3.63. The summed E-state index contributed by atoms with van der Waals surface area (Å²) in [5.74, 6) is 0.612. The Bertz CT molecular complexity index is 1160. The third kappa shape index (κ3) is 3.88. The van der Waals surface area contributed by atoms with Gasteiger partial charge in [0.2, 0.25) is 0 Å². The van der Waals surface area contributed by atoms with E-state index >= 15 is 0 Å². The molecule has 7 heteroatoms. The van der Waals surface area contributed by atoms with Gasteiger partial charge in [-0.15, -0.1) is 0 Å². The van der Waals surface area contributed by atoms with Crippen molar-refractivity contribution in [2.45, 2.75) is 6.92 Å². The number of benzene rings is 2. The van der Waals surface area contributed by atoms with Gasteiger partial charge >= 0.3 is 6.03 Å². The zero-order valence-corrected chi connectivity index (χ0v) is 16.5. The van der Waals surface area contributed by atoms with Crippen LogP contribution in [0.25, 0.3) is 22.2 Å². The third-order valence-corrected chi connectivity index (χ3v) is 4.74. The first-order chi connectivity index (χ1) is 14.2. The first-order valence-electron chi connectivity index (χ1n) is 9.17. The molecular weight excluding hydrogens is 388 g/mol. The fraction of sp³-hybridized carbons (Fsp3) is 0.0909. The number of nitrogens with zero attached hydrogens (tertiary/aromatic N) is 1. The molecule has 0 fully saturated rings. The Kier molecular flexibility index (Phi) is 5.35. The summed E-state index contributed by atoms with van der Waals surface area (Å²) >= 11 is 6.36. The largest absolute Gasteiger partial charge is 0.492 e. The van der Waals surface area contributed by atoms with Gasteiger partial charge in [-0.2, -0.15) is 0 Å². The molecule has 0 spiro atoms. The number of hydrogen-bond donors (Lipinski definition) is 3. The van der Waals surface area contributed by atoms with Crippen LogP contribution in [0.5, 0.6) is 5.75 Å². The predicted octanol–water partition coefficient (Wildman–Crippen LogP) is 5.93. The minimum atomic E-state index is -0.381. The average molecular weight is 407 g/mol. The second-order valence-corrected chi connectivity index (χ2v) is 6.69. The van der Waals surface area contributed by atoms with Crippen molar-refractivity contribution in [3.8, 4) is 17.0 Å². The number of rotatable bonds is 5. The molecule has 0 radical (unpaired) electrons. The van der Waals surface area contributed by atoms with Crippen LogP contribution in [0.15, 0.2) is 67.0 Å². The Morgan fingerprint density at radius 3 is 2.66 bits per heavy atom. The van der Waals surface area contributed by atoms with Gasteiger partial charge in [-0.05, 0) is 37.3 Å². The lowest BCUT2D eigenvalue weighted by Crippen LogP contribution is -2.20. The monoisotopic (exact) mass is 406 g/mol. The number of anilines is 2.